The summed E-state index contributed by atoms with van der Waals surface area (Å²) in [5.74, 6) is -2.14. The molecular formula is C65H126O17P2. The van der Waals surface area contributed by atoms with Crippen LogP contribution >= 0.6 is 15.6 Å². The number of aliphatic hydroxyl groups excluding tert-OH is 1. The summed E-state index contributed by atoms with van der Waals surface area (Å²) in [6.07, 6.45) is 46.4. The summed E-state index contributed by atoms with van der Waals surface area (Å²) >= 11 is 0. The zero-order valence-corrected chi connectivity index (χ0v) is 55.7. The van der Waals surface area contributed by atoms with Crippen LogP contribution in [0.1, 0.15) is 336 Å². The molecule has 498 valence electrons. The Morgan fingerprint density at radius 3 is 0.702 bits per heavy atom. The van der Waals surface area contributed by atoms with Crippen LogP contribution in [0.25, 0.3) is 0 Å². The van der Waals surface area contributed by atoms with Gasteiger partial charge in [-0.3, -0.25) is 37.3 Å². The lowest BCUT2D eigenvalue weighted by Gasteiger charge is -2.21. The molecule has 2 unspecified atom stereocenters. The van der Waals surface area contributed by atoms with Gasteiger partial charge in [-0.2, -0.15) is 0 Å². The van der Waals surface area contributed by atoms with Crippen molar-refractivity contribution in [3.63, 3.8) is 0 Å². The lowest BCUT2D eigenvalue weighted by Crippen LogP contribution is -2.30. The molecule has 0 fully saturated rings. The van der Waals surface area contributed by atoms with Crippen molar-refractivity contribution in [1.29, 1.82) is 0 Å². The zero-order chi connectivity index (χ0) is 61.9. The van der Waals surface area contributed by atoms with E-state index in [1.54, 1.807) is 0 Å². The van der Waals surface area contributed by atoms with Crippen molar-refractivity contribution in [2.75, 3.05) is 39.6 Å². The molecule has 5 atom stereocenters. The van der Waals surface area contributed by atoms with Crippen LogP contribution < -0.4 is 0 Å². The Labute approximate surface area is 511 Å². The predicted octanol–water partition coefficient (Wildman–Crippen LogP) is 18.3. The first kappa shape index (κ1) is 82.1. The molecule has 0 aromatic rings. The third-order valence-electron chi connectivity index (χ3n) is 15.1. The molecule has 0 aliphatic heterocycles. The van der Waals surface area contributed by atoms with E-state index in [4.69, 9.17) is 37.0 Å². The van der Waals surface area contributed by atoms with E-state index in [9.17, 15) is 43.2 Å². The number of unbranched alkanes of at least 4 members (excludes halogenated alkanes) is 40. The van der Waals surface area contributed by atoms with Crippen LogP contribution in [0.4, 0.5) is 0 Å². The molecule has 0 aromatic heterocycles. The Morgan fingerprint density at radius 2 is 0.476 bits per heavy atom. The number of hydrogen-bond donors (Lipinski definition) is 3. The van der Waals surface area contributed by atoms with Crippen molar-refractivity contribution in [3.05, 3.63) is 0 Å². The van der Waals surface area contributed by atoms with Gasteiger partial charge in [0, 0.05) is 25.7 Å². The average Bonchev–Trinajstić information content (AvgIpc) is 3.47. The van der Waals surface area contributed by atoms with Gasteiger partial charge in [0.2, 0.25) is 0 Å². The third kappa shape index (κ3) is 59.0. The van der Waals surface area contributed by atoms with E-state index in [1.165, 1.54) is 148 Å². The van der Waals surface area contributed by atoms with Crippen LogP contribution in [0.3, 0.4) is 0 Å². The minimum atomic E-state index is -4.94. The normalized spacial score (nSPS) is 14.1. The van der Waals surface area contributed by atoms with Gasteiger partial charge in [0.25, 0.3) is 0 Å². The molecule has 0 spiro atoms. The Bertz CT molecular complexity index is 1620. The quantitative estimate of drug-likeness (QED) is 0.0222. The van der Waals surface area contributed by atoms with Gasteiger partial charge in [0.1, 0.15) is 19.3 Å². The number of phosphoric acid groups is 2. The van der Waals surface area contributed by atoms with Crippen LogP contribution in [-0.2, 0) is 65.4 Å². The number of phosphoric ester groups is 2. The topological polar surface area (TPSA) is 237 Å². The lowest BCUT2D eigenvalue weighted by molar-refractivity contribution is -0.161. The summed E-state index contributed by atoms with van der Waals surface area (Å²) in [4.78, 5) is 71.9. The summed E-state index contributed by atoms with van der Waals surface area (Å²) in [6.45, 7) is 4.77. The maximum atomic E-state index is 13.0. The molecule has 0 rings (SSSR count). The summed E-state index contributed by atoms with van der Waals surface area (Å²) < 4.78 is 67.7. The third-order valence-corrected chi connectivity index (χ3v) is 17.0. The molecule has 0 saturated carbocycles. The van der Waals surface area contributed by atoms with E-state index in [2.05, 4.69) is 27.7 Å². The van der Waals surface area contributed by atoms with Gasteiger partial charge in [-0.1, -0.05) is 285 Å². The van der Waals surface area contributed by atoms with Gasteiger partial charge < -0.3 is 33.8 Å². The molecule has 19 heteroatoms. The smallest absolute Gasteiger partial charge is 0.462 e. The Kier molecular flexibility index (Phi) is 58.6. The highest BCUT2D eigenvalue weighted by Gasteiger charge is 2.30. The molecule has 0 amide bonds. The Balaban J connectivity index is 5.10. The first-order chi connectivity index (χ1) is 40.7. The maximum absolute atomic E-state index is 13.0. The van der Waals surface area contributed by atoms with E-state index in [0.717, 1.165) is 109 Å². The van der Waals surface area contributed by atoms with E-state index >= 15 is 0 Å². The molecule has 0 aromatic carbocycles. The van der Waals surface area contributed by atoms with Crippen LogP contribution in [0.15, 0.2) is 0 Å². The minimum absolute atomic E-state index is 0.103. The van der Waals surface area contributed by atoms with Crippen LogP contribution in [0.2, 0.25) is 0 Å². The monoisotopic (exact) mass is 1240 g/mol. The fourth-order valence-corrected chi connectivity index (χ4v) is 11.4. The zero-order valence-electron chi connectivity index (χ0n) is 53.9. The fourth-order valence-electron chi connectivity index (χ4n) is 9.81. The number of ether oxygens (including phenoxy) is 4. The number of carbonyl (C=O) groups excluding carboxylic acids is 4. The standard InChI is InChI=1S/C65H126O17P2/c1-5-9-13-17-20-22-24-26-27-28-29-30-31-33-35-37-40-44-48-52-65(70)82-61(56-76-63(68)50-46-42-39-36-34-32-25-23-21-18-14-10-6-2)58-80-84(73,74)78-54-59(66)53-77-83(71,72)79-57-60(55-75-62(67)49-45-41-16-12-8-4)81-64(69)51-47-43-38-19-15-11-7-3/h59-61,66H,5-58H2,1-4H3,(H,71,72)(H,73,74)/t59-,60+,61+/m0/s1. The molecule has 0 saturated heterocycles. The summed E-state index contributed by atoms with van der Waals surface area (Å²) in [6, 6.07) is 0. The van der Waals surface area contributed by atoms with E-state index in [1.807, 2.05) is 0 Å². The van der Waals surface area contributed by atoms with Crippen LogP contribution in [-0.4, -0.2) is 96.7 Å². The molecule has 0 radical (unpaired) electrons. The second kappa shape index (κ2) is 60.0. The van der Waals surface area contributed by atoms with Crippen molar-refractivity contribution in [1.82, 2.24) is 0 Å². The number of rotatable bonds is 66. The van der Waals surface area contributed by atoms with Gasteiger partial charge in [0.15, 0.2) is 12.2 Å². The maximum Gasteiger partial charge on any atom is 0.472 e. The number of hydrogen-bond acceptors (Lipinski definition) is 15. The first-order valence-corrected chi connectivity index (χ1v) is 37.3. The average molecular weight is 1240 g/mol. The lowest BCUT2D eigenvalue weighted by atomic mass is 10.0. The van der Waals surface area contributed by atoms with Gasteiger partial charge in [-0.15, -0.1) is 0 Å². The second-order valence-electron chi connectivity index (χ2n) is 23.5. The second-order valence-corrected chi connectivity index (χ2v) is 26.4. The van der Waals surface area contributed by atoms with Crippen molar-refractivity contribution >= 4 is 39.5 Å². The highest BCUT2D eigenvalue weighted by atomic mass is 31.2. The summed E-state index contributed by atoms with van der Waals surface area (Å²) in [5, 5.41) is 10.5. The summed E-state index contributed by atoms with van der Waals surface area (Å²) in [7, 11) is -9.87. The first-order valence-electron chi connectivity index (χ1n) is 34.3. The van der Waals surface area contributed by atoms with E-state index in [0.29, 0.717) is 25.7 Å². The van der Waals surface area contributed by atoms with Crippen LogP contribution in [0.5, 0.6) is 0 Å². The van der Waals surface area contributed by atoms with Crippen LogP contribution in [0, 0.1) is 0 Å². The van der Waals surface area contributed by atoms with Crippen molar-refractivity contribution in [3.8, 4) is 0 Å². The van der Waals surface area contributed by atoms with Gasteiger partial charge in [-0.05, 0) is 25.7 Å². The summed E-state index contributed by atoms with van der Waals surface area (Å²) in [5.41, 5.74) is 0. The van der Waals surface area contributed by atoms with Crippen molar-refractivity contribution < 1.29 is 80.2 Å². The molecule has 17 nitrogen and oxygen atoms in total. The van der Waals surface area contributed by atoms with Crippen molar-refractivity contribution in [2.45, 2.75) is 354 Å². The fraction of sp³-hybridized carbons (Fsp3) is 0.938. The molecule has 84 heavy (non-hydrogen) atoms. The molecule has 0 aliphatic carbocycles. The molecule has 0 aliphatic rings. The molecule has 0 bridgehead atoms. The largest absolute Gasteiger partial charge is 0.472 e. The van der Waals surface area contributed by atoms with E-state index in [-0.39, 0.29) is 25.7 Å². The highest BCUT2D eigenvalue weighted by molar-refractivity contribution is 7.47. The number of carbonyl (C=O) groups is 4. The van der Waals surface area contributed by atoms with Gasteiger partial charge >= 0.3 is 39.5 Å². The Morgan fingerprint density at radius 1 is 0.286 bits per heavy atom. The van der Waals surface area contributed by atoms with Crippen molar-refractivity contribution in [2.24, 2.45) is 0 Å². The number of aliphatic hydroxyl groups is 1. The minimum Gasteiger partial charge on any atom is -0.462 e. The Hall–Kier alpha value is -1.94. The highest BCUT2D eigenvalue weighted by Crippen LogP contribution is 2.45. The molecular weight excluding hydrogens is 1110 g/mol. The number of esters is 4. The van der Waals surface area contributed by atoms with E-state index < -0.39 is 97.5 Å². The van der Waals surface area contributed by atoms with Gasteiger partial charge in [-0.25, -0.2) is 9.13 Å². The molecule has 0 heterocycles. The van der Waals surface area contributed by atoms with Gasteiger partial charge in [0.05, 0.1) is 26.4 Å². The molecule has 3 N–H and O–H groups in total. The SMILES string of the molecule is CCCCCCCCCCCCCCCCCCCCCC(=O)O[C@H](COC(=O)CCCCCCCCCCCCCCC)COP(=O)(O)OC[C@@H](O)COP(=O)(O)OC[C@@H](COC(=O)CCCCCCC)OC(=O)CCCCCCCCC. The predicted molar refractivity (Wildman–Crippen MR) is 335 cm³/mol.